The summed E-state index contributed by atoms with van der Waals surface area (Å²) in [7, 11) is -2.22. The number of aliphatic carboxylic acids is 1. The van der Waals surface area contributed by atoms with Crippen molar-refractivity contribution in [1.82, 2.24) is 34.1 Å². The summed E-state index contributed by atoms with van der Waals surface area (Å²) in [5, 5.41) is 22.6. The third-order valence-corrected chi connectivity index (χ3v) is 15.7. The van der Waals surface area contributed by atoms with Crippen LogP contribution in [-0.2, 0) is 29.3 Å². The topological polar surface area (TPSA) is 222 Å². The number of aromatic nitrogens is 2. The predicted octanol–water partition coefficient (Wildman–Crippen LogP) is 5.80. The number of hydrogen-bond acceptors (Lipinski definition) is 13. The first-order chi connectivity index (χ1) is 31.2. The number of benzene rings is 1. The van der Waals surface area contributed by atoms with Gasteiger partial charge in [0.1, 0.15) is 47.0 Å². The molecule has 0 spiro atoms. The fourth-order valence-electron chi connectivity index (χ4n) is 8.84. The molecule has 20 heteroatoms. The van der Waals surface area contributed by atoms with Crippen molar-refractivity contribution >= 4 is 61.5 Å². The summed E-state index contributed by atoms with van der Waals surface area (Å²) in [6.07, 6.45) is 4.42. The number of methoxy groups -OCH3 is 1. The molecule has 1 aromatic carbocycles. The summed E-state index contributed by atoms with van der Waals surface area (Å²) in [4.78, 5) is 67.1. The highest BCUT2D eigenvalue weighted by Gasteiger charge is 2.61. The molecule has 18 nitrogen and oxygen atoms in total. The van der Waals surface area contributed by atoms with Gasteiger partial charge in [-0.3, -0.25) is 9.59 Å². The van der Waals surface area contributed by atoms with Crippen LogP contribution in [0, 0.1) is 11.3 Å². The molecule has 2 aromatic heterocycles. The number of hydrogen-bond donors (Lipinski definition) is 4. The molecule has 4 N–H and O–H groups in total. The minimum atomic E-state index is -3.79. The number of amides is 3. The van der Waals surface area contributed by atoms with Crippen LogP contribution in [-0.4, -0.2) is 136 Å². The maximum absolute atomic E-state index is 15.0. The summed E-state index contributed by atoms with van der Waals surface area (Å²) in [6, 6.07) is 4.81. The van der Waals surface area contributed by atoms with E-state index in [2.05, 4.69) is 16.0 Å². The number of alkyl carbamates (subject to hydrolysis) is 1. The number of nitrogens with zero attached hydrogens (tertiary/aromatic N) is 5. The number of nitrogens with one attached hydrogen (secondary N) is 3. The van der Waals surface area contributed by atoms with Crippen molar-refractivity contribution in [2.75, 3.05) is 38.6 Å². The molecule has 5 heterocycles. The van der Waals surface area contributed by atoms with Crippen LogP contribution >= 0.6 is 11.3 Å². The molecule has 3 aromatic rings. The van der Waals surface area contributed by atoms with E-state index in [9.17, 15) is 32.7 Å². The van der Waals surface area contributed by atoms with E-state index < -0.39 is 75.2 Å². The highest BCUT2D eigenvalue weighted by Crippen LogP contribution is 2.46. The van der Waals surface area contributed by atoms with Gasteiger partial charge in [0.05, 0.1) is 31.4 Å². The second-order valence-corrected chi connectivity index (χ2v) is 22.1. The number of carbonyl (C=O) groups is 4. The minimum absolute atomic E-state index is 0.0171. The summed E-state index contributed by atoms with van der Waals surface area (Å²) in [5.41, 5.74) is -0.482. The molecule has 3 amide bonds. The first kappa shape index (κ1) is 48.9. The number of pyridine rings is 1. The highest BCUT2D eigenvalue weighted by atomic mass is 32.2. The van der Waals surface area contributed by atoms with Crippen molar-refractivity contribution < 1.29 is 46.9 Å². The standard InChI is InChI=1S/C46H64N8O10S2/c1-27(2)47-43-49-36(26-65-43)35-22-38(32-17-16-30(62-8)20-34(32)48-35)63-31-21-37-40(55)51-46(42(57)58)23-29(46)14-12-10-9-11-13-15-33(41(56)53(37)24-31)50-44(59)64-39(45(5,6)7)25-52-18-19-54(28(3)4)66(52,60)61/h12,14,16-17,20,22,26-29,31,33,37,39H,9-11,13,15,18-19,21,23-25H2,1-8H3,(H,47,49)(H,50,59)(H,51,55)(H,57,58)/b14-12-/t29?,31-,33+,37+,39?,46-/m1/s1. The molecule has 1 saturated carbocycles. The second-order valence-electron chi connectivity index (χ2n) is 19.4. The summed E-state index contributed by atoms with van der Waals surface area (Å²) < 4.78 is 47.8. The number of carbonyl (C=O) groups excluding carboxylic acids is 3. The Morgan fingerprint density at radius 2 is 1.83 bits per heavy atom. The van der Waals surface area contributed by atoms with Crippen molar-refractivity contribution in [2.24, 2.45) is 11.3 Å². The Morgan fingerprint density at radius 3 is 2.52 bits per heavy atom. The van der Waals surface area contributed by atoms with E-state index in [0.29, 0.717) is 59.6 Å². The van der Waals surface area contributed by atoms with Crippen molar-refractivity contribution in [1.29, 1.82) is 0 Å². The van der Waals surface area contributed by atoms with Crippen LogP contribution < -0.4 is 25.4 Å². The first-order valence-corrected chi connectivity index (χ1v) is 25.1. The largest absolute Gasteiger partial charge is 0.497 e. The third kappa shape index (κ3) is 10.7. The number of fused-ring (bicyclic) bond motifs is 3. The van der Waals surface area contributed by atoms with Crippen LogP contribution in [0.5, 0.6) is 11.5 Å². The molecule has 0 bridgehead atoms. The molecule has 7 rings (SSSR count). The lowest BCUT2D eigenvalue weighted by atomic mass is 9.89. The normalized spacial score (nSPS) is 26.2. The maximum Gasteiger partial charge on any atom is 0.408 e. The zero-order valence-corrected chi connectivity index (χ0v) is 40.7. The number of thiazole rings is 1. The second kappa shape index (κ2) is 19.7. The van der Waals surface area contributed by atoms with Gasteiger partial charge in [0, 0.05) is 65.8 Å². The lowest BCUT2D eigenvalue weighted by Gasteiger charge is -2.34. The van der Waals surface area contributed by atoms with E-state index in [1.807, 2.05) is 72.1 Å². The molecule has 3 aliphatic heterocycles. The lowest BCUT2D eigenvalue weighted by molar-refractivity contribution is -0.145. The summed E-state index contributed by atoms with van der Waals surface area (Å²) >= 11 is 1.44. The average Bonchev–Trinajstić information content (AvgIpc) is 3.50. The molecule has 2 unspecified atom stereocenters. The number of carboxylic acid groups (broad SMARTS) is 1. The minimum Gasteiger partial charge on any atom is -0.497 e. The number of allylic oxidation sites excluding steroid dienone is 1. The van der Waals surface area contributed by atoms with Gasteiger partial charge >= 0.3 is 12.1 Å². The van der Waals surface area contributed by atoms with Gasteiger partial charge in [0.25, 0.3) is 10.2 Å². The first-order valence-electron chi connectivity index (χ1n) is 22.8. The Bertz CT molecular complexity index is 2440. The number of carboxylic acids is 1. The SMILES string of the molecule is COc1ccc2c(O[C@@H]3C[C@H]4C(=O)N[C@]5(C(=O)O)CC5/C=C\CCCCC[C@H](NC(=O)OC(CN5CCN(C(C)C)S5(=O)=O)C(C)(C)C)C(=O)N4C3)cc(-c3csc(NC(C)C)n3)nc2c1. The Labute approximate surface area is 391 Å². The lowest BCUT2D eigenvalue weighted by Crippen LogP contribution is -2.56. The fraction of sp³-hybridized carbons (Fsp3) is 0.609. The van der Waals surface area contributed by atoms with Crippen LogP contribution in [0.15, 0.2) is 41.8 Å². The Morgan fingerprint density at radius 1 is 1.06 bits per heavy atom. The van der Waals surface area contributed by atoms with Crippen LogP contribution in [0.4, 0.5) is 9.93 Å². The Hall–Kier alpha value is -5.05. The van der Waals surface area contributed by atoms with E-state index in [4.69, 9.17) is 24.2 Å². The highest BCUT2D eigenvalue weighted by molar-refractivity contribution is 7.87. The summed E-state index contributed by atoms with van der Waals surface area (Å²) in [5.74, 6) is -1.75. The van der Waals surface area contributed by atoms with Crippen LogP contribution in [0.1, 0.15) is 93.4 Å². The molecule has 0 radical (unpaired) electrons. The van der Waals surface area contributed by atoms with E-state index in [-0.39, 0.29) is 51.0 Å². The molecule has 360 valence electrons. The molecule has 66 heavy (non-hydrogen) atoms. The van der Waals surface area contributed by atoms with Crippen molar-refractivity contribution in [2.45, 2.75) is 135 Å². The quantitative estimate of drug-likeness (QED) is 0.158. The molecule has 2 saturated heterocycles. The van der Waals surface area contributed by atoms with Gasteiger partial charge < -0.3 is 40.2 Å². The molecule has 1 aliphatic carbocycles. The smallest absolute Gasteiger partial charge is 0.408 e. The van der Waals surface area contributed by atoms with Crippen molar-refractivity contribution in [3.63, 3.8) is 0 Å². The van der Waals surface area contributed by atoms with Crippen LogP contribution in [0.25, 0.3) is 22.3 Å². The van der Waals surface area contributed by atoms with Crippen LogP contribution in [0.2, 0.25) is 0 Å². The van der Waals surface area contributed by atoms with Crippen molar-refractivity contribution in [3.05, 3.63) is 41.8 Å². The molecular formula is C46H64N8O10S2. The summed E-state index contributed by atoms with van der Waals surface area (Å²) in [6.45, 7) is 13.6. The number of rotatable bonds is 12. The molecule has 6 atom stereocenters. The molecule has 4 aliphatic rings. The van der Waals surface area contributed by atoms with Gasteiger partial charge in [-0.1, -0.05) is 45.8 Å². The van der Waals surface area contributed by atoms with Gasteiger partial charge in [-0.15, -0.1) is 11.3 Å². The van der Waals surface area contributed by atoms with Gasteiger partial charge in [0.2, 0.25) is 11.8 Å². The maximum atomic E-state index is 15.0. The van der Waals surface area contributed by atoms with Crippen LogP contribution in [0.3, 0.4) is 0 Å². The third-order valence-electron chi connectivity index (χ3n) is 12.7. The van der Waals surface area contributed by atoms with Crippen molar-refractivity contribution in [3.8, 4) is 22.9 Å². The molecule has 3 fully saturated rings. The Kier molecular flexibility index (Phi) is 14.6. The Balaban J connectivity index is 1.18. The predicted molar refractivity (Wildman–Crippen MR) is 251 cm³/mol. The zero-order chi connectivity index (χ0) is 47.7. The fourth-order valence-corrected chi connectivity index (χ4v) is 11.5. The monoisotopic (exact) mass is 952 g/mol. The van der Waals surface area contributed by atoms with Gasteiger partial charge in [-0.2, -0.15) is 17.0 Å². The van der Waals surface area contributed by atoms with Gasteiger partial charge in [-0.25, -0.2) is 19.6 Å². The van der Waals surface area contributed by atoms with E-state index in [1.165, 1.54) is 24.8 Å². The average molecular weight is 953 g/mol. The van der Waals surface area contributed by atoms with E-state index >= 15 is 0 Å². The van der Waals surface area contributed by atoms with E-state index in [1.54, 1.807) is 25.3 Å². The van der Waals surface area contributed by atoms with Gasteiger partial charge in [-0.05, 0) is 65.5 Å². The number of anilines is 1. The van der Waals surface area contributed by atoms with Gasteiger partial charge in [0.15, 0.2) is 5.13 Å². The molecular weight excluding hydrogens is 889 g/mol. The zero-order valence-electron chi connectivity index (χ0n) is 39.0. The van der Waals surface area contributed by atoms with E-state index in [0.717, 1.165) is 11.6 Å². The number of ether oxygens (including phenoxy) is 3.